The van der Waals surface area contributed by atoms with Crippen molar-refractivity contribution in [2.24, 2.45) is 5.73 Å². The summed E-state index contributed by atoms with van der Waals surface area (Å²) in [5, 5.41) is 1.84. The van der Waals surface area contributed by atoms with E-state index in [1.54, 1.807) is 12.1 Å². The summed E-state index contributed by atoms with van der Waals surface area (Å²) in [6, 6.07) is 11.3. The van der Waals surface area contributed by atoms with E-state index in [1.807, 2.05) is 24.3 Å². The van der Waals surface area contributed by atoms with Crippen molar-refractivity contribution in [3.05, 3.63) is 46.4 Å². The Morgan fingerprint density at radius 3 is 2.80 bits per heavy atom. The predicted molar refractivity (Wildman–Crippen MR) is 81.8 cm³/mol. The van der Waals surface area contributed by atoms with Crippen molar-refractivity contribution in [1.29, 1.82) is 0 Å². The Kier molecular flexibility index (Phi) is 2.23. The van der Waals surface area contributed by atoms with Crippen molar-refractivity contribution in [3.63, 3.8) is 0 Å². The van der Waals surface area contributed by atoms with E-state index in [1.165, 1.54) is 0 Å². The zero-order valence-electron chi connectivity index (χ0n) is 10.2. The maximum absolute atomic E-state index is 11.5. The molecule has 0 saturated heterocycles. The van der Waals surface area contributed by atoms with Crippen LogP contribution in [-0.4, -0.2) is 10.9 Å². The molecule has 2 heterocycles. The summed E-state index contributed by atoms with van der Waals surface area (Å²) in [6.45, 7) is 0. The minimum Gasteiger partial charge on any atom is -0.454 e. The molecule has 0 atom stereocenters. The molecule has 0 fully saturated rings. The Balaban J connectivity index is 2.23. The van der Waals surface area contributed by atoms with Gasteiger partial charge in [-0.2, -0.15) is 0 Å². The zero-order chi connectivity index (χ0) is 13.9. The lowest BCUT2D eigenvalue weighted by molar-refractivity contribution is 0.100. The molecule has 2 aromatic heterocycles. The normalized spacial score (nSPS) is 11.7. The number of primary amides is 1. The van der Waals surface area contributed by atoms with Crippen LogP contribution in [0.1, 0.15) is 10.4 Å². The number of amides is 1. The van der Waals surface area contributed by atoms with Crippen molar-refractivity contribution < 1.29 is 9.21 Å². The average Bonchev–Trinajstić information content (AvgIpc) is 2.94. The summed E-state index contributed by atoms with van der Waals surface area (Å²) in [6.07, 6.45) is 0. The molecule has 98 valence electrons. The van der Waals surface area contributed by atoms with Gasteiger partial charge in [-0.15, -0.1) is 0 Å². The minimum absolute atomic E-state index is 0.454. The molecule has 5 heteroatoms. The maximum Gasteiger partial charge on any atom is 0.250 e. The molecule has 0 aliphatic heterocycles. The first-order chi connectivity index (χ1) is 9.65. The average molecular weight is 329 g/mol. The Morgan fingerprint density at radius 1 is 1.15 bits per heavy atom. The number of aromatic nitrogens is 1. The minimum atomic E-state index is -0.454. The van der Waals surface area contributed by atoms with Crippen molar-refractivity contribution in [2.45, 2.75) is 0 Å². The van der Waals surface area contributed by atoms with Gasteiger partial charge >= 0.3 is 0 Å². The number of hydrogen-bond acceptors (Lipinski definition) is 2. The maximum atomic E-state index is 11.5. The highest BCUT2D eigenvalue weighted by atomic mass is 79.9. The number of benzene rings is 2. The smallest absolute Gasteiger partial charge is 0.250 e. The van der Waals surface area contributed by atoms with E-state index < -0.39 is 5.91 Å². The molecule has 0 aliphatic rings. The second-order valence-corrected chi connectivity index (χ2v) is 5.58. The van der Waals surface area contributed by atoms with Gasteiger partial charge in [0.15, 0.2) is 5.58 Å². The van der Waals surface area contributed by atoms with Crippen LogP contribution in [0.5, 0.6) is 0 Å². The van der Waals surface area contributed by atoms with Crippen molar-refractivity contribution in [3.8, 4) is 0 Å². The Morgan fingerprint density at radius 2 is 2.00 bits per heavy atom. The lowest BCUT2D eigenvalue weighted by Crippen LogP contribution is -2.11. The van der Waals surface area contributed by atoms with Gasteiger partial charge < -0.3 is 15.1 Å². The molecule has 0 saturated carbocycles. The van der Waals surface area contributed by atoms with Gasteiger partial charge in [-0.3, -0.25) is 4.79 Å². The fourth-order valence-electron chi connectivity index (χ4n) is 2.59. The second-order valence-electron chi connectivity index (χ2n) is 4.66. The van der Waals surface area contributed by atoms with Crippen molar-refractivity contribution in [2.75, 3.05) is 0 Å². The molecule has 0 aliphatic carbocycles. The van der Waals surface area contributed by atoms with Gasteiger partial charge in [0.05, 0.1) is 16.6 Å². The van der Waals surface area contributed by atoms with E-state index in [4.69, 9.17) is 10.2 Å². The summed E-state index contributed by atoms with van der Waals surface area (Å²) < 4.78 is 6.86. The zero-order valence-corrected chi connectivity index (χ0v) is 11.8. The molecule has 2 aromatic carbocycles. The van der Waals surface area contributed by atoms with E-state index in [2.05, 4.69) is 20.9 Å². The van der Waals surface area contributed by atoms with Gasteiger partial charge in [-0.25, -0.2) is 0 Å². The summed E-state index contributed by atoms with van der Waals surface area (Å²) in [5.74, 6) is -0.454. The molecule has 20 heavy (non-hydrogen) atoms. The standard InChI is InChI=1S/C15H9BrN2O2/c16-7-4-5-11-10(6-7)13-14(20-11)8-2-1-3-9(15(17)19)12(8)18-13/h1-6,18H,(H2,17,19). The van der Waals surface area contributed by atoms with Gasteiger partial charge in [0.2, 0.25) is 0 Å². The Bertz CT molecular complexity index is 997. The quantitative estimate of drug-likeness (QED) is 0.555. The van der Waals surface area contributed by atoms with Crippen LogP contribution in [0.3, 0.4) is 0 Å². The number of para-hydroxylation sites is 1. The molecule has 4 aromatic rings. The monoisotopic (exact) mass is 328 g/mol. The van der Waals surface area contributed by atoms with Crippen LogP contribution in [0.15, 0.2) is 45.3 Å². The lowest BCUT2D eigenvalue weighted by atomic mass is 10.1. The SMILES string of the molecule is NC(=O)c1cccc2c1[nH]c1c3cc(Br)ccc3oc21. The van der Waals surface area contributed by atoms with Crippen LogP contribution < -0.4 is 5.73 Å². The van der Waals surface area contributed by atoms with E-state index in [-0.39, 0.29) is 0 Å². The number of carbonyl (C=O) groups excluding carboxylic acids is 1. The number of rotatable bonds is 1. The van der Waals surface area contributed by atoms with E-state index in [0.717, 1.165) is 37.4 Å². The Hall–Kier alpha value is -2.27. The number of H-pyrrole nitrogens is 1. The highest BCUT2D eigenvalue weighted by molar-refractivity contribution is 9.10. The van der Waals surface area contributed by atoms with Gasteiger partial charge in [-0.05, 0) is 30.3 Å². The molecule has 0 spiro atoms. The summed E-state index contributed by atoms with van der Waals surface area (Å²) in [4.78, 5) is 14.8. The number of furan rings is 1. The first kappa shape index (κ1) is 11.5. The number of hydrogen-bond donors (Lipinski definition) is 2. The number of nitrogens with two attached hydrogens (primary N) is 1. The van der Waals surface area contributed by atoms with E-state index in [9.17, 15) is 4.79 Å². The largest absolute Gasteiger partial charge is 0.454 e. The number of nitrogens with one attached hydrogen (secondary N) is 1. The van der Waals surface area contributed by atoms with Gasteiger partial charge in [-0.1, -0.05) is 22.0 Å². The molecule has 1 amide bonds. The topological polar surface area (TPSA) is 72.0 Å². The summed E-state index contributed by atoms with van der Waals surface area (Å²) in [7, 11) is 0. The molecule has 0 bridgehead atoms. The number of halogens is 1. The molecular weight excluding hydrogens is 320 g/mol. The number of carbonyl (C=O) groups is 1. The van der Waals surface area contributed by atoms with E-state index >= 15 is 0 Å². The third-order valence-corrected chi connectivity index (χ3v) is 3.97. The van der Waals surface area contributed by atoms with Crippen LogP contribution in [0, 0.1) is 0 Å². The van der Waals surface area contributed by atoms with Crippen LogP contribution in [-0.2, 0) is 0 Å². The molecular formula is C15H9BrN2O2. The van der Waals surface area contributed by atoms with Gasteiger partial charge in [0, 0.05) is 15.2 Å². The second kappa shape index (κ2) is 3.86. The molecule has 0 radical (unpaired) electrons. The Labute approximate surface area is 121 Å². The fourth-order valence-corrected chi connectivity index (χ4v) is 2.95. The lowest BCUT2D eigenvalue weighted by Gasteiger charge is -1.97. The predicted octanol–water partition coefficient (Wildman–Crippen LogP) is 3.93. The third kappa shape index (κ3) is 1.44. The molecule has 0 unspecified atom stereocenters. The van der Waals surface area contributed by atoms with Crippen LogP contribution in [0.4, 0.5) is 0 Å². The van der Waals surface area contributed by atoms with Crippen molar-refractivity contribution >= 4 is 54.8 Å². The summed E-state index contributed by atoms with van der Waals surface area (Å²) in [5.41, 5.74) is 9.03. The van der Waals surface area contributed by atoms with Crippen LogP contribution in [0.2, 0.25) is 0 Å². The van der Waals surface area contributed by atoms with Gasteiger partial charge in [0.25, 0.3) is 5.91 Å². The fraction of sp³-hybridized carbons (Fsp3) is 0. The first-order valence-corrected chi connectivity index (χ1v) is 6.87. The molecule has 3 N–H and O–H groups in total. The van der Waals surface area contributed by atoms with Crippen LogP contribution >= 0.6 is 15.9 Å². The summed E-state index contributed by atoms with van der Waals surface area (Å²) >= 11 is 3.45. The van der Waals surface area contributed by atoms with Gasteiger partial charge in [0.1, 0.15) is 5.58 Å². The van der Waals surface area contributed by atoms with E-state index in [0.29, 0.717) is 5.56 Å². The number of fused-ring (bicyclic) bond motifs is 5. The number of aromatic amines is 1. The van der Waals surface area contributed by atoms with Crippen LogP contribution in [0.25, 0.3) is 33.0 Å². The highest BCUT2D eigenvalue weighted by Crippen LogP contribution is 2.36. The first-order valence-electron chi connectivity index (χ1n) is 6.07. The highest BCUT2D eigenvalue weighted by Gasteiger charge is 2.16. The van der Waals surface area contributed by atoms with Crippen molar-refractivity contribution in [1.82, 2.24) is 4.98 Å². The molecule has 4 nitrogen and oxygen atoms in total. The third-order valence-electron chi connectivity index (χ3n) is 3.47. The molecule has 4 rings (SSSR count).